The van der Waals surface area contributed by atoms with E-state index in [0.29, 0.717) is 17.3 Å². The van der Waals surface area contributed by atoms with Gasteiger partial charge in [-0.15, -0.1) is 0 Å². The number of ether oxygens (including phenoxy) is 2. The molecule has 0 spiro atoms. The summed E-state index contributed by atoms with van der Waals surface area (Å²) in [6.07, 6.45) is -0.403. The van der Waals surface area contributed by atoms with Crippen LogP contribution in [0.25, 0.3) is 0 Å². The Kier molecular flexibility index (Phi) is 1.57. The molecule has 2 heterocycles. The lowest BCUT2D eigenvalue weighted by molar-refractivity contribution is -0.0299. The highest BCUT2D eigenvalue weighted by molar-refractivity contribution is 8.00. The highest BCUT2D eigenvalue weighted by atomic mass is 32.2. The van der Waals surface area contributed by atoms with E-state index in [9.17, 15) is 4.79 Å². The molecule has 0 radical (unpaired) electrons. The lowest BCUT2D eigenvalue weighted by atomic mass is 10.4. The van der Waals surface area contributed by atoms with Gasteiger partial charge in [-0.05, 0) is 0 Å². The van der Waals surface area contributed by atoms with Gasteiger partial charge in [0.05, 0.1) is 12.9 Å². The van der Waals surface area contributed by atoms with E-state index in [1.807, 2.05) is 0 Å². The smallest absolute Gasteiger partial charge is 0.421 e. The van der Waals surface area contributed by atoms with E-state index in [1.54, 1.807) is 0 Å². The van der Waals surface area contributed by atoms with Crippen molar-refractivity contribution in [2.24, 2.45) is 5.73 Å². The molecule has 1 fully saturated rings. The minimum absolute atomic E-state index is 0.239. The molecule has 1 atom stereocenters. The van der Waals surface area contributed by atoms with Crippen molar-refractivity contribution in [2.45, 2.75) is 5.56 Å². The van der Waals surface area contributed by atoms with E-state index >= 15 is 0 Å². The summed E-state index contributed by atoms with van der Waals surface area (Å²) in [4.78, 5) is 12.2. The fraction of sp³-hybridized carbons (Fsp3) is 0.500. The molecule has 0 aromatic carbocycles. The lowest BCUT2D eigenvalue weighted by Gasteiger charge is -2.41. The zero-order valence-corrected chi connectivity index (χ0v) is 7.26. The third-order valence-electron chi connectivity index (χ3n) is 1.76. The van der Waals surface area contributed by atoms with Gasteiger partial charge in [0.1, 0.15) is 5.76 Å². The average molecular weight is 188 g/mol. The van der Waals surface area contributed by atoms with Crippen LogP contribution in [0.2, 0.25) is 0 Å². The Bertz CT molecular complexity index is 266. The van der Waals surface area contributed by atoms with Crippen LogP contribution in [0.1, 0.15) is 0 Å². The molecule has 0 unspecified atom stereocenters. The quantitative estimate of drug-likeness (QED) is 0.638. The number of carbonyl (C=O) groups excluding carboxylic acids is 1. The van der Waals surface area contributed by atoms with Gasteiger partial charge in [0, 0.05) is 0 Å². The standard InChI is InChI=1S/C6H8N2O3S/c1-10-3-2-12-6-8(4(3)7)5(9)11-6/h6H,2,7H2,1H3/t6-/m1/s1. The molecule has 0 aliphatic carbocycles. The maximum atomic E-state index is 10.9. The summed E-state index contributed by atoms with van der Waals surface area (Å²) in [5.41, 5.74) is 5.39. The van der Waals surface area contributed by atoms with Crippen LogP contribution < -0.4 is 5.73 Å². The third-order valence-corrected chi connectivity index (χ3v) is 2.78. The van der Waals surface area contributed by atoms with Crippen molar-refractivity contribution >= 4 is 17.9 Å². The van der Waals surface area contributed by atoms with Crippen LogP contribution in [-0.2, 0) is 9.47 Å². The van der Waals surface area contributed by atoms with Gasteiger partial charge in [-0.1, -0.05) is 11.8 Å². The van der Waals surface area contributed by atoms with Crippen molar-refractivity contribution < 1.29 is 14.3 Å². The minimum Gasteiger partial charge on any atom is -0.496 e. The second kappa shape index (κ2) is 2.48. The molecule has 2 N–H and O–H groups in total. The van der Waals surface area contributed by atoms with E-state index in [-0.39, 0.29) is 5.56 Å². The zero-order valence-electron chi connectivity index (χ0n) is 6.44. The second-order valence-corrected chi connectivity index (χ2v) is 3.41. The highest BCUT2D eigenvalue weighted by Gasteiger charge is 2.45. The summed E-state index contributed by atoms with van der Waals surface area (Å²) in [6, 6.07) is 0. The number of carbonyl (C=O) groups is 1. The minimum atomic E-state index is -0.403. The molecule has 0 bridgehead atoms. The van der Waals surface area contributed by atoms with Crippen molar-refractivity contribution in [2.75, 3.05) is 12.9 Å². The number of hydrogen-bond acceptors (Lipinski definition) is 5. The Morgan fingerprint density at radius 3 is 3.17 bits per heavy atom. The average Bonchev–Trinajstić information content (AvgIpc) is 2.02. The molecule has 0 saturated carbocycles. The van der Waals surface area contributed by atoms with Crippen molar-refractivity contribution in [3.63, 3.8) is 0 Å². The van der Waals surface area contributed by atoms with Crippen molar-refractivity contribution in [3.05, 3.63) is 11.6 Å². The Hall–Kier alpha value is -1.04. The first-order valence-corrected chi connectivity index (χ1v) is 4.43. The van der Waals surface area contributed by atoms with Crippen molar-refractivity contribution in [3.8, 4) is 0 Å². The summed E-state index contributed by atoms with van der Waals surface area (Å²) in [7, 11) is 1.54. The first-order chi connectivity index (χ1) is 5.74. The number of thioether (sulfide) groups is 1. The molecular formula is C6H8N2O3S. The molecule has 66 valence electrons. The first-order valence-electron chi connectivity index (χ1n) is 3.38. The summed E-state index contributed by atoms with van der Waals surface area (Å²) in [5, 5.41) is 0. The fourth-order valence-electron chi connectivity index (χ4n) is 1.07. The molecule has 1 saturated heterocycles. The normalized spacial score (nSPS) is 27.6. The van der Waals surface area contributed by atoms with E-state index in [0.717, 1.165) is 0 Å². The molecule has 2 aliphatic heterocycles. The SMILES string of the molecule is COC1=C(N)N2C(=O)O[C@@H]2SC1. The molecular weight excluding hydrogens is 180 g/mol. The third kappa shape index (κ3) is 0.842. The Morgan fingerprint density at radius 2 is 2.58 bits per heavy atom. The largest absolute Gasteiger partial charge is 0.496 e. The van der Waals surface area contributed by atoms with Crippen molar-refractivity contribution in [1.29, 1.82) is 0 Å². The molecule has 12 heavy (non-hydrogen) atoms. The van der Waals surface area contributed by atoms with Gasteiger partial charge in [0.15, 0.2) is 5.82 Å². The van der Waals surface area contributed by atoms with E-state index in [4.69, 9.17) is 15.2 Å². The van der Waals surface area contributed by atoms with Gasteiger partial charge in [-0.3, -0.25) is 0 Å². The van der Waals surface area contributed by atoms with E-state index in [2.05, 4.69) is 0 Å². The maximum absolute atomic E-state index is 10.9. The molecule has 2 rings (SSSR count). The van der Waals surface area contributed by atoms with Crippen LogP contribution in [0.4, 0.5) is 4.79 Å². The summed E-state index contributed by atoms with van der Waals surface area (Å²) in [6.45, 7) is 0. The summed E-state index contributed by atoms with van der Waals surface area (Å²) in [5.74, 6) is 1.65. The van der Waals surface area contributed by atoms with Crippen LogP contribution in [0.15, 0.2) is 11.6 Å². The monoisotopic (exact) mass is 188 g/mol. The van der Waals surface area contributed by atoms with Gasteiger partial charge < -0.3 is 15.2 Å². The number of nitrogens with zero attached hydrogens (tertiary/aromatic N) is 1. The second-order valence-electron chi connectivity index (χ2n) is 2.38. The number of nitrogens with two attached hydrogens (primary N) is 1. The Morgan fingerprint density at radius 1 is 1.83 bits per heavy atom. The van der Waals surface area contributed by atoms with Crippen LogP contribution in [0.3, 0.4) is 0 Å². The van der Waals surface area contributed by atoms with Crippen LogP contribution in [-0.4, -0.2) is 29.4 Å². The Balaban J connectivity index is 2.25. The number of rotatable bonds is 1. The molecule has 2 aliphatic rings. The topological polar surface area (TPSA) is 64.8 Å². The van der Waals surface area contributed by atoms with Gasteiger partial charge in [-0.25, -0.2) is 9.69 Å². The number of fused-ring (bicyclic) bond motifs is 1. The fourth-order valence-corrected chi connectivity index (χ4v) is 2.13. The molecule has 0 aromatic heterocycles. The van der Waals surface area contributed by atoms with Gasteiger partial charge in [0.25, 0.3) is 0 Å². The first kappa shape index (κ1) is 7.60. The molecule has 6 heteroatoms. The predicted octanol–water partition coefficient (Wildman–Crippen LogP) is 0.243. The lowest BCUT2D eigenvalue weighted by Crippen LogP contribution is -2.56. The zero-order chi connectivity index (χ0) is 8.72. The van der Waals surface area contributed by atoms with E-state index < -0.39 is 6.09 Å². The molecule has 5 nitrogen and oxygen atoms in total. The predicted molar refractivity (Wildman–Crippen MR) is 42.8 cm³/mol. The van der Waals surface area contributed by atoms with E-state index in [1.165, 1.54) is 23.8 Å². The van der Waals surface area contributed by atoms with Crippen LogP contribution in [0.5, 0.6) is 0 Å². The Labute approximate surface area is 73.5 Å². The highest BCUT2D eigenvalue weighted by Crippen LogP contribution is 2.36. The number of methoxy groups -OCH3 is 1. The number of hydrogen-bond donors (Lipinski definition) is 1. The maximum Gasteiger partial charge on any atom is 0.421 e. The van der Waals surface area contributed by atoms with Crippen LogP contribution >= 0.6 is 11.8 Å². The number of amides is 1. The van der Waals surface area contributed by atoms with Gasteiger partial charge >= 0.3 is 6.09 Å². The van der Waals surface area contributed by atoms with Crippen LogP contribution in [0, 0.1) is 0 Å². The summed E-state index contributed by atoms with van der Waals surface area (Å²) >= 11 is 1.47. The van der Waals surface area contributed by atoms with Gasteiger partial charge in [-0.2, -0.15) is 0 Å². The molecule has 1 amide bonds. The summed E-state index contributed by atoms with van der Waals surface area (Å²) < 4.78 is 9.78. The molecule has 0 aromatic rings. The van der Waals surface area contributed by atoms with Gasteiger partial charge in [0.2, 0.25) is 5.56 Å². The van der Waals surface area contributed by atoms with Crippen molar-refractivity contribution in [1.82, 2.24) is 4.90 Å².